The Morgan fingerprint density at radius 2 is 1.26 bits per heavy atom. The van der Waals surface area contributed by atoms with Crippen molar-refractivity contribution in [1.82, 2.24) is 8.97 Å². The highest BCUT2D eigenvalue weighted by Crippen LogP contribution is 2.54. The van der Waals surface area contributed by atoms with Gasteiger partial charge in [0.1, 0.15) is 22.3 Å². The lowest BCUT2D eigenvalue weighted by atomic mass is 9.87. The van der Waals surface area contributed by atoms with Crippen LogP contribution in [-0.2, 0) is 5.66 Å². The topological polar surface area (TPSA) is 26.3 Å². The van der Waals surface area contributed by atoms with Gasteiger partial charge in [0.25, 0.3) is 11.7 Å². The zero-order chi connectivity index (χ0) is 26.9. The summed E-state index contributed by atoms with van der Waals surface area (Å²) in [6, 6.07) is 42.0. The summed E-state index contributed by atoms with van der Waals surface area (Å²) in [5, 5.41) is 8.80. The molecule has 0 bridgehead atoms. The summed E-state index contributed by atoms with van der Waals surface area (Å²) in [6.45, 7) is 0. The van der Waals surface area contributed by atoms with Crippen molar-refractivity contribution >= 4 is 59.9 Å². The average Bonchev–Trinajstić information content (AvgIpc) is 3.68. The van der Waals surface area contributed by atoms with Gasteiger partial charge in [-0.15, -0.1) is 4.57 Å². The van der Waals surface area contributed by atoms with Gasteiger partial charge in [-0.25, -0.2) is 0 Å². The Labute approximate surface area is 238 Å². The lowest BCUT2D eigenvalue weighted by molar-refractivity contribution is -0.958. The molecule has 0 amide bonds. The van der Waals surface area contributed by atoms with Crippen LogP contribution in [0, 0.1) is 0 Å². The minimum atomic E-state index is -0.686. The van der Waals surface area contributed by atoms with Crippen molar-refractivity contribution in [2.24, 2.45) is 0 Å². The molecule has 0 saturated heterocycles. The van der Waals surface area contributed by atoms with Crippen molar-refractivity contribution in [2.75, 3.05) is 0 Å². The van der Waals surface area contributed by atoms with Gasteiger partial charge in [0.2, 0.25) is 5.69 Å². The molecule has 1 unspecified atom stereocenters. The smallest absolute Gasteiger partial charge is 0.354 e. The minimum absolute atomic E-state index is 0.686. The van der Waals surface area contributed by atoms with Crippen LogP contribution < -0.4 is 13.9 Å². The molecule has 42 heavy (non-hydrogen) atoms. The van der Waals surface area contributed by atoms with E-state index in [0.29, 0.717) is 0 Å². The molecule has 5 nitrogen and oxygen atoms in total. The Morgan fingerprint density at radius 1 is 0.571 bits per heavy atom. The maximum absolute atomic E-state index is 6.88. The second-order valence-electron chi connectivity index (χ2n) is 11.8. The molecular weight excluding hydrogens is 516 g/mol. The summed E-state index contributed by atoms with van der Waals surface area (Å²) in [7, 11) is 0. The summed E-state index contributed by atoms with van der Waals surface area (Å²) in [5.74, 6) is 2.90. The Morgan fingerprint density at radius 3 is 2.14 bits per heavy atom. The first kappa shape index (κ1) is 20.2. The largest absolute Gasteiger partial charge is 0.422 e. The molecule has 0 fully saturated rings. The van der Waals surface area contributed by atoms with E-state index in [0.717, 1.165) is 17.4 Å². The van der Waals surface area contributed by atoms with E-state index in [4.69, 9.17) is 4.74 Å². The Hall–Kier alpha value is -5.68. The molecule has 5 heteroatoms. The van der Waals surface area contributed by atoms with Crippen LogP contribution in [0.2, 0.25) is 0 Å². The first-order valence-corrected chi connectivity index (χ1v) is 14.5. The van der Waals surface area contributed by atoms with Crippen LogP contribution in [0.5, 0.6) is 11.6 Å². The maximum Gasteiger partial charge on any atom is 0.354 e. The van der Waals surface area contributed by atoms with Crippen LogP contribution in [0.3, 0.4) is 0 Å². The summed E-state index contributed by atoms with van der Waals surface area (Å²) < 4.78 is 16.8. The summed E-state index contributed by atoms with van der Waals surface area (Å²) in [5.41, 5.74) is 6.61. The average molecular weight is 537 g/mol. The minimum Gasteiger partial charge on any atom is -0.422 e. The lowest BCUT2D eigenvalue weighted by Crippen LogP contribution is -2.76. The summed E-state index contributed by atoms with van der Waals surface area (Å²) in [4.78, 5) is 0. The fraction of sp³-hybridized carbons (Fsp3) is 0.0270. The normalized spacial score (nSPS) is 17.3. The lowest BCUT2D eigenvalue weighted by Gasteiger charge is -2.34. The quantitative estimate of drug-likeness (QED) is 0.150. The molecular formula is C37H20N4O+2. The number of para-hydroxylation sites is 1. The van der Waals surface area contributed by atoms with Crippen LogP contribution >= 0.6 is 0 Å². The molecule has 0 saturated carbocycles. The number of fused-ring (bicyclic) bond motifs is 11. The van der Waals surface area contributed by atoms with E-state index in [9.17, 15) is 0 Å². The fourth-order valence-corrected chi connectivity index (χ4v) is 8.73. The molecule has 0 aliphatic carbocycles. The Bertz CT molecular complexity index is 2780. The van der Waals surface area contributed by atoms with Crippen molar-refractivity contribution in [3.8, 4) is 17.4 Å². The van der Waals surface area contributed by atoms with Gasteiger partial charge >= 0.3 is 11.3 Å². The molecule has 192 valence electrons. The van der Waals surface area contributed by atoms with Gasteiger partial charge in [0, 0.05) is 44.5 Å². The first-order chi connectivity index (χ1) is 20.9. The number of ether oxygens (including phenoxy) is 1. The third kappa shape index (κ3) is 1.83. The number of benzene rings is 4. The molecule has 1 spiro atoms. The number of rotatable bonds is 0. The van der Waals surface area contributed by atoms with Crippen molar-refractivity contribution in [2.45, 2.75) is 5.66 Å². The van der Waals surface area contributed by atoms with E-state index < -0.39 is 5.66 Å². The Balaban J connectivity index is 1.48. The van der Waals surface area contributed by atoms with Gasteiger partial charge in [-0.2, -0.15) is 13.5 Å². The highest BCUT2D eigenvalue weighted by atomic mass is 16.5. The number of aromatic nitrogens is 4. The molecule has 5 aromatic heterocycles. The standard InChI is InChI=1S/C37H20N4O/c1-2-11-23-21(9-1)27-17-19-31-41-36(27)40-33(23)24-12-3-4-13-26(24)35(40)37(41)32-29(42-31)18-16-25-22-10-5-6-14-28(22)39(34(25)32)30-15-7-8-20-38(30)37/h1-20H/q+2. The number of hydrogen-bond donors (Lipinski definition) is 0. The molecule has 0 N–H and O–H groups in total. The van der Waals surface area contributed by atoms with Crippen LogP contribution in [0.15, 0.2) is 121 Å². The second kappa shape index (κ2) is 6.29. The predicted molar refractivity (Wildman–Crippen MR) is 163 cm³/mol. The molecule has 1 atom stereocenters. The number of pyridine rings is 3. The third-order valence-corrected chi connectivity index (χ3v) is 10.1. The second-order valence-corrected chi connectivity index (χ2v) is 11.8. The summed E-state index contributed by atoms with van der Waals surface area (Å²) in [6.07, 6.45) is 2.26. The fourth-order valence-electron chi connectivity index (χ4n) is 8.73. The molecule has 12 rings (SSSR count). The van der Waals surface area contributed by atoms with E-state index in [1.807, 2.05) is 0 Å². The van der Waals surface area contributed by atoms with Crippen molar-refractivity contribution in [3.05, 3.63) is 133 Å². The summed E-state index contributed by atoms with van der Waals surface area (Å²) >= 11 is 0. The SMILES string of the molecule is c1cc[n+]2c(c1)-n1c3ccccc3c3ccc4c(c31)C21c2c3ccccc3c3c5ccccc5c5ccc([n+]1c5n23)O4. The van der Waals surface area contributed by atoms with Crippen LogP contribution in [0.25, 0.3) is 65.7 Å². The highest BCUT2D eigenvalue weighted by Gasteiger charge is 2.67. The maximum atomic E-state index is 6.88. The zero-order valence-corrected chi connectivity index (χ0v) is 22.2. The predicted octanol–water partition coefficient (Wildman–Crippen LogP) is 7.10. The van der Waals surface area contributed by atoms with E-state index in [-0.39, 0.29) is 0 Å². The van der Waals surface area contributed by atoms with Gasteiger partial charge in [0.05, 0.1) is 11.6 Å². The zero-order valence-electron chi connectivity index (χ0n) is 22.2. The van der Waals surface area contributed by atoms with Crippen LogP contribution in [0.4, 0.5) is 0 Å². The van der Waals surface area contributed by atoms with Gasteiger partial charge < -0.3 is 4.74 Å². The van der Waals surface area contributed by atoms with Gasteiger partial charge in [0.15, 0.2) is 5.52 Å². The van der Waals surface area contributed by atoms with Crippen LogP contribution in [0.1, 0.15) is 11.3 Å². The first-order valence-electron chi connectivity index (χ1n) is 14.5. The van der Waals surface area contributed by atoms with Crippen molar-refractivity contribution in [3.63, 3.8) is 0 Å². The van der Waals surface area contributed by atoms with E-state index in [1.54, 1.807) is 0 Å². The van der Waals surface area contributed by atoms with E-state index >= 15 is 0 Å². The van der Waals surface area contributed by atoms with Crippen molar-refractivity contribution < 1.29 is 13.9 Å². The van der Waals surface area contributed by atoms with Crippen LogP contribution in [-0.4, -0.2) is 8.97 Å². The van der Waals surface area contributed by atoms with Crippen molar-refractivity contribution in [1.29, 1.82) is 0 Å². The number of hydrogen-bond acceptors (Lipinski definition) is 1. The van der Waals surface area contributed by atoms with Gasteiger partial charge in [-0.1, -0.05) is 54.6 Å². The molecule has 3 aliphatic heterocycles. The molecule has 4 aromatic carbocycles. The molecule has 0 radical (unpaired) electrons. The third-order valence-electron chi connectivity index (χ3n) is 10.1. The van der Waals surface area contributed by atoms with Gasteiger partial charge in [-0.05, 0) is 48.5 Å². The van der Waals surface area contributed by atoms with E-state index in [2.05, 4.69) is 140 Å². The molecule has 3 aliphatic rings. The highest BCUT2D eigenvalue weighted by molar-refractivity contribution is 6.20. The van der Waals surface area contributed by atoms with E-state index in [1.165, 1.54) is 71.2 Å². The van der Waals surface area contributed by atoms with Gasteiger partial charge in [-0.3, -0.25) is 0 Å². The molecule has 8 heterocycles. The number of nitrogens with zero attached hydrogens (tertiary/aromatic N) is 4. The Kier molecular flexibility index (Phi) is 3.03. The molecule has 9 aromatic rings. The monoisotopic (exact) mass is 536 g/mol.